The lowest BCUT2D eigenvalue weighted by Crippen LogP contribution is -2.42. The van der Waals surface area contributed by atoms with Crippen LogP contribution in [0.3, 0.4) is 0 Å². The highest BCUT2D eigenvalue weighted by atomic mass is 16.2. The van der Waals surface area contributed by atoms with Crippen molar-refractivity contribution in [2.75, 3.05) is 13.1 Å². The lowest BCUT2D eigenvalue weighted by atomic mass is 10.0. The number of hydrogen-bond donors (Lipinski definition) is 0. The van der Waals surface area contributed by atoms with Gasteiger partial charge in [-0.05, 0) is 30.5 Å². The second-order valence-electron chi connectivity index (χ2n) is 6.37. The first kappa shape index (κ1) is 15.6. The number of carbonyl (C=O) groups is 1. The van der Waals surface area contributed by atoms with Gasteiger partial charge in [-0.2, -0.15) is 5.10 Å². The van der Waals surface area contributed by atoms with Crippen molar-refractivity contribution < 1.29 is 4.79 Å². The Bertz CT molecular complexity index is 877. The first-order valence-corrected chi connectivity index (χ1v) is 8.80. The van der Waals surface area contributed by atoms with Crippen LogP contribution in [0.5, 0.6) is 0 Å². The summed E-state index contributed by atoms with van der Waals surface area (Å²) in [6, 6.07) is 18.2. The average molecular weight is 331 g/mol. The molecule has 0 unspecified atom stereocenters. The monoisotopic (exact) mass is 331 g/mol. The number of amides is 1. The zero-order chi connectivity index (χ0) is 17.2. The van der Waals surface area contributed by atoms with E-state index in [9.17, 15) is 4.79 Å². The first-order valence-electron chi connectivity index (χ1n) is 8.80. The van der Waals surface area contributed by atoms with Gasteiger partial charge in [-0.3, -0.25) is 4.79 Å². The van der Waals surface area contributed by atoms with Crippen LogP contribution in [0.4, 0.5) is 0 Å². The van der Waals surface area contributed by atoms with E-state index < -0.39 is 0 Å². The van der Waals surface area contributed by atoms with E-state index in [-0.39, 0.29) is 5.91 Å². The first-order chi connectivity index (χ1) is 12.3. The van der Waals surface area contributed by atoms with Crippen LogP contribution in [0.1, 0.15) is 29.3 Å². The molecule has 2 heterocycles. The van der Waals surface area contributed by atoms with Crippen LogP contribution in [0.15, 0.2) is 60.8 Å². The Morgan fingerprint density at radius 1 is 1.04 bits per heavy atom. The van der Waals surface area contributed by atoms with Crippen molar-refractivity contribution in [2.24, 2.45) is 0 Å². The number of aryl methyl sites for hydroxylation is 1. The Balaban J connectivity index is 1.79. The van der Waals surface area contributed by atoms with Crippen LogP contribution in [0.2, 0.25) is 0 Å². The number of likely N-dealkylation sites (tertiary alicyclic amines) is 1. The molecule has 0 radical (unpaired) electrons. The molecular weight excluding hydrogens is 310 g/mol. The molecule has 25 heavy (non-hydrogen) atoms. The predicted octanol–water partition coefficient (Wildman–Crippen LogP) is 3.95. The summed E-state index contributed by atoms with van der Waals surface area (Å²) in [7, 11) is 0. The maximum absolute atomic E-state index is 12.9. The molecule has 1 amide bonds. The van der Waals surface area contributed by atoms with Crippen molar-refractivity contribution in [1.29, 1.82) is 0 Å². The zero-order valence-electron chi connectivity index (χ0n) is 14.4. The quantitative estimate of drug-likeness (QED) is 0.726. The van der Waals surface area contributed by atoms with Gasteiger partial charge in [0.1, 0.15) is 5.69 Å². The molecule has 0 spiro atoms. The van der Waals surface area contributed by atoms with Crippen molar-refractivity contribution in [3.05, 3.63) is 71.9 Å². The smallest absolute Gasteiger partial charge is 0.257 e. The summed E-state index contributed by atoms with van der Waals surface area (Å²) in [4.78, 5) is 14.7. The number of nitrogens with zero attached hydrogens (tertiary/aromatic N) is 3. The van der Waals surface area contributed by atoms with Crippen molar-refractivity contribution in [2.45, 2.75) is 19.8 Å². The van der Waals surface area contributed by atoms with Gasteiger partial charge in [0.2, 0.25) is 0 Å². The molecule has 1 aliphatic rings. The highest BCUT2D eigenvalue weighted by Crippen LogP contribution is 2.26. The standard InChI is InChI=1S/C21H21N3O/c1-2-16-9-11-17(12-10-16)20-19(21(25)23-13-6-14-23)15-24(22-20)18-7-4-3-5-8-18/h3-5,7-12,15H,2,6,13-14H2,1H3. The van der Waals surface area contributed by atoms with Gasteiger partial charge < -0.3 is 4.90 Å². The average Bonchev–Trinajstić information content (AvgIpc) is 3.06. The lowest BCUT2D eigenvalue weighted by molar-refractivity contribution is 0.0652. The Morgan fingerprint density at radius 2 is 1.76 bits per heavy atom. The van der Waals surface area contributed by atoms with E-state index in [1.165, 1.54) is 5.56 Å². The van der Waals surface area contributed by atoms with Gasteiger partial charge in [-0.15, -0.1) is 0 Å². The Labute approximate surface area is 147 Å². The molecule has 2 aromatic carbocycles. The number of carbonyl (C=O) groups excluding carboxylic acids is 1. The van der Waals surface area contributed by atoms with E-state index in [1.807, 2.05) is 41.4 Å². The van der Waals surface area contributed by atoms with Gasteiger partial charge in [0.25, 0.3) is 5.91 Å². The van der Waals surface area contributed by atoms with Crippen molar-refractivity contribution in [1.82, 2.24) is 14.7 Å². The number of hydrogen-bond acceptors (Lipinski definition) is 2. The van der Waals surface area contributed by atoms with Crippen LogP contribution >= 0.6 is 0 Å². The number of para-hydroxylation sites is 1. The molecule has 1 aliphatic heterocycles. The number of rotatable bonds is 4. The van der Waals surface area contributed by atoms with Gasteiger partial charge in [0.05, 0.1) is 11.3 Å². The minimum Gasteiger partial charge on any atom is -0.338 e. The van der Waals surface area contributed by atoms with Crippen molar-refractivity contribution in [3.63, 3.8) is 0 Å². The summed E-state index contributed by atoms with van der Waals surface area (Å²) < 4.78 is 1.80. The van der Waals surface area contributed by atoms with Gasteiger partial charge >= 0.3 is 0 Å². The molecule has 4 rings (SSSR count). The highest BCUT2D eigenvalue weighted by molar-refractivity contribution is 6.00. The highest BCUT2D eigenvalue weighted by Gasteiger charge is 2.26. The molecule has 1 fully saturated rings. The summed E-state index contributed by atoms with van der Waals surface area (Å²) in [5.41, 5.74) is 4.64. The lowest BCUT2D eigenvalue weighted by Gasteiger charge is -2.30. The predicted molar refractivity (Wildman–Crippen MR) is 98.9 cm³/mol. The second kappa shape index (κ2) is 6.55. The molecule has 3 aromatic rings. The van der Waals surface area contributed by atoms with Gasteiger partial charge in [-0.25, -0.2) is 4.68 Å². The zero-order valence-corrected chi connectivity index (χ0v) is 14.4. The fraction of sp³-hybridized carbons (Fsp3) is 0.238. The minimum absolute atomic E-state index is 0.0722. The normalized spacial score (nSPS) is 13.6. The summed E-state index contributed by atoms with van der Waals surface area (Å²) in [6.07, 6.45) is 3.94. The fourth-order valence-electron chi connectivity index (χ4n) is 3.04. The third-order valence-corrected chi connectivity index (χ3v) is 4.74. The summed E-state index contributed by atoms with van der Waals surface area (Å²) in [5, 5.41) is 4.74. The third kappa shape index (κ3) is 2.95. The maximum atomic E-state index is 12.9. The molecule has 126 valence electrons. The molecule has 4 nitrogen and oxygen atoms in total. The molecular formula is C21H21N3O. The van der Waals surface area contributed by atoms with Gasteiger partial charge in [-0.1, -0.05) is 49.4 Å². The van der Waals surface area contributed by atoms with Crippen LogP contribution in [0.25, 0.3) is 16.9 Å². The van der Waals surface area contributed by atoms with Gasteiger partial charge in [0.15, 0.2) is 0 Å². The van der Waals surface area contributed by atoms with Crippen molar-refractivity contribution in [3.8, 4) is 16.9 Å². The molecule has 0 aliphatic carbocycles. The largest absolute Gasteiger partial charge is 0.338 e. The van der Waals surface area contributed by atoms with E-state index >= 15 is 0 Å². The van der Waals surface area contributed by atoms with Crippen LogP contribution in [-0.2, 0) is 6.42 Å². The Hall–Kier alpha value is -2.88. The molecule has 0 atom stereocenters. The molecule has 4 heteroatoms. The number of benzene rings is 2. The Morgan fingerprint density at radius 3 is 2.36 bits per heavy atom. The SMILES string of the molecule is CCc1ccc(-c2nn(-c3ccccc3)cc2C(=O)N2CCC2)cc1. The maximum Gasteiger partial charge on any atom is 0.257 e. The number of aromatic nitrogens is 2. The van der Waals surface area contributed by atoms with Crippen molar-refractivity contribution >= 4 is 5.91 Å². The van der Waals surface area contributed by atoms with Crippen LogP contribution in [0, 0.1) is 0 Å². The second-order valence-corrected chi connectivity index (χ2v) is 6.37. The molecule has 1 aromatic heterocycles. The van der Waals surface area contributed by atoms with E-state index in [0.717, 1.165) is 42.9 Å². The fourth-order valence-corrected chi connectivity index (χ4v) is 3.04. The van der Waals surface area contributed by atoms with Crippen LogP contribution < -0.4 is 0 Å². The Kier molecular flexibility index (Phi) is 4.10. The van der Waals surface area contributed by atoms with E-state index in [1.54, 1.807) is 4.68 Å². The molecule has 0 N–H and O–H groups in total. The van der Waals surface area contributed by atoms with E-state index in [2.05, 4.69) is 31.2 Å². The third-order valence-electron chi connectivity index (χ3n) is 4.74. The summed E-state index contributed by atoms with van der Waals surface area (Å²) >= 11 is 0. The summed E-state index contributed by atoms with van der Waals surface area (Å²) in [6.45, 7) is 3.81. The molecule has 0 saturated carbocycles. The topological polar surface area (TPSA) is 38.1 Å². The minimum atomic E-state index is 0.0722. The molecule has 1 saturated heterocycles. The van der Waals surface area contributed by atoms with Crippen LogP contribution in [-0.4, -0.2) is 33.7 Å². The van der Waals surface area contributed by atoms with Gasteiger partial charge in [0, 0.05) is 24.8 Å². The van der Waals surface area contributed by atoms with E-state index in [0.29, 0.717) is 5.56 Å². The summed E-state index contributed by atoms with van der Waals surface area (Å²) in [5.74, 6) is 0.0722. The molecule has 0 bridgehead atoms. The van der Waals surface area contributed by atoms with E-state index in [4.69, 9.17) is 5.10 Å².